The summed E-state index contributed by atoms with van der Waals surface area (Å²) >= 11 is 0. The van der Waals surface area contributed by atoms with Crippen LogP contribution >= 0.6 is 0 Å². The van der Waals surface area contributed by atoms with Crippen molar-refractivity contribution in [3.8, 4) is 0 Å². The highest BCUT2D eigenvalue weighted by molar-refractivity contribution is 5.95. The maximum absolute atomic E-state index is 12.0. The molecule has 2 N–H and O–H groups in total. The second-order valence-corrected chi connectivity index (χ2v) is 4.98. The number of amides is 1. The first-order chi connectivity index (χ1) is 9.88. The highest BCUT2D eigenvalue weighted by Gasteiger charge is 2.07. The van der Waals surface area contributed by atoms with E-state index in [1.807, 2.05) is 26.8 Å². The van der Waals surface area contributed by atoms with Crippen molar-refractivity contribution in [2.24, 2.45) is 0 Å². The fourth-order valence-corrected chi connectivity index (χ4v) is 1.77. The molecule has 1 amide bonds. The number of carboxylic acid groups (broad SMARTS) is 1. The fourth-order valence-electron chi connectivity index (χ4n) is 1.77. The van der Waals surface area contributed by atoms with E-state index in [-0.39, 0.29) is 12.0 Å². The molecule has 0 radical (unpaired) electrons. The number of rotatable bonds is 7. The summed E-state index contributed by atoms with van der Waals surface area (Å²) in [4.78, 5) is 22.6. The Labute approximate surface area is 124 Å². The van der Waals surface area contributed by atoms with Gasteiger partial charge in [-0.3, -0.25) is 4.79 Å². The minimum absolute atomic E-state index is 0.133. The predicted octanol–water partition coefficient (Wildman–Crippen LogP) is 2.25. The van der Waals surface area contributed by atoms with Crippen molar-refractivity contribution in [3.05, 3.63) is 41.0 Å². The molecule has 0 aliphatic rings. The van der Waals surface area contributed by atoms with Crippen molar-refractivity contribution in [1.82, 2.24) is 5.32 Å². The zero-order chi connectivity index (χ0) is 15.8. The number of ether oxygens (including phenoxy) is 1. The number of hydrogen-bond acceptors (Lipinski definition) is 3. The van der Waals surface area contributed by atoms with Gasteiger partial charge in [0.2, 0.25) is 0 Å². The number of aliphatic carboxylic acids is 1. The van der Waals surface area contributed by atoms with Gasteiger partial charge >= 0.3 is 5.97 Å². The molecular formula is C16H21NO4. The van der Waals surface area contributed by atoms with E-state index in [0.717, 1.165) is 11.6 Å². The third-order valence-corrected chi connectivity index (χ3v) is 2.62. The van der Waals surface area contributed by atoms with Crippen LogP contribution in [0.2, 0.25) is 0 Å². The van der Waals surface area contributed by atoms with Crippen LogP contribution in [0.5, 0.6) is 0 Å². The van der Waals surface area contributed by atoms with E-state index in [0.29, 0.717) is 24.3 Å². The molecule has 5 nitrogen and oxygen atoms in total. The van der Waals surface area contributed by atoms with E-state index >= 15 is 0 Å². The molecule has 114 valence electrons. The predicted molar refractivity (Wildman–Crippen MR) is 81.3 cm³/mol. The monoisotopic (exact) mass is 291 g/mol. The lowest BCUT2D eigenvalue weighted by atomic mass is 10.1. The molecule has 0 aliphatic carbocycles. The molecule has 0 saturated heterocycles. The number of hydrogen-bond donors (Lipinski definition) is 2. The smallest absolute Gasteiger partial charge is 0.328 e. The molecular weight excluding hydrogens is 270 g/mol. The molecule has 0 saturated carbocycles. The Balaban J connectivity index is 2.69. The summed E-state index contributed by atoms with van der Waals surface area (Å²) in [6, 6.07) is 5.24. The van der Waals surface area contributed by atoms with Crippen LogP contribution in [0.4, 0.5) is 0 Å². The van der Waals surface area contributed by atoms with Crippen molar-refractivity contribution in [2.45, 2.75) is 26.9 Å². The van der Waals surface area contributed by atoms with Crippen LogP contribution in [0.1, 0.15) is 35.3 Å². The highest BCUT2D eigenvalue weighted by Crippen LogP contribution is 2.11. The Kier molecular flexibility index (Phi) is 6.62. The Bertz CT molecular complexity index is 535. The van der Waals surface area contributed by atoms with Crippen molar-refractivity contribution < 1.29 is 19.4 Å². The van der Waals surface area contributed by atoms with E-state index < -0.39 is 5.97 Å². The topological polar surface area (TPSA) is 75.6 Å². The van der Waals surface area contributed by atoms with Crippen molar-refractivity contribution in [1.29, 1.82) is 0 Å². The summed E-state index contributed by atoms with van der Waals surface area (Å²) < 4.78 is 5.35. The van der Waals surface area contributed by atoms with Crippen LogP contribution in [0.3, 0.4) is 0 Å². The number of aryl methyl sites for hydroxylation is 1. The average molecular weight is 291 g/mol. The fraction of sp³-hybridized carbons (Fsp3) is 0.375. The summed E-state index contributed by atoms with van der Waals surface area (Å²) in [6.45, 7) is 6.62. The lowest BCUT2D eigenvalue weighted by Crippen LogP contribution is -2.28. The summed E-state index contributed by atoms with van der Waals surface area (Å²) in [6.07, 6.45) is 2.65. The summed E-state index contributed by atoms with van der Waals surface area (Å²) in [5.41, 5.74) is 2.08. The van der Waals surface area contributed by atoms with Gasteiger partial charge in [0.15, 0.2) is 0 Å². The number of benzene rings is 1. The van der Waals surface area contributed by atoms with Crippen molar-refractivity contribution in [3.63, 3.8) is 0 Å². The van der Waals surface area contributed by atoms with Gasteiger partial charge in [-0.05, 0) is 50.1 Å². The molecule has 0 fully saturated rings. The van der Waals surface area contributed by atoms with E-state index in [2.05, 4.69) is 5.32 Å². The minimum atomic E-state index is -1.02. The summed E-state index contributed by atoms with van der Waals surface area (Å²) in [5, 5.41) is 11.4. The van der Waals surface area contributed by atoms with Gasteiger partial charge in [0.1, 0.15) is 0 Å². The summed E-state index contributed by atoms with van der Waals surface area (Å²) in [5.74, 6) is -1.22. The number of carboxylic acids is 1. The molecule has 0 unspecified atom stereocenters. The van der Waals surface area contributed by atoms with E-state index in [4.69, 9.17) is 9.84 Å². The average Bonchev–Trinajstić information content (AvgIpc) is 2.40. The van der Waals surface area contributed by atoms with Gasteiger partial charge in [-0.25, -0.2) is 4.79 Å². The maximum Gasteiger partial charge on any atom is 0.328 e. The van der Waals surface area contributed by atoms with Gasteiger partial charge in [0.05, 0.1) is 12.7 Å². The van der Waals surface area contributed by atoms with Crippen LogP contribution in [0, 0.1) is 6.92 Å². The Morgan fingerprint density at radius 1 is 1.33 bits per heavy atom. The SMILES string of the molecule is Cc1cc(/C=C/C(=O)O)cc(C(=O)NCCOC(C)C)c1. The molecule has 0 atom stereocenters. The lowest BCUT2D eigenvalue weighted by molar-refractivity contribution is -0.131. The Morgan fingerprint density at radius 3 is 2.67 bits per heavy atom. The van der Waals surface area contributed by atoms with Crippen LogP contribution in [0.25, 0.3) is 6.08 Å². The van der Waals surface area contributed by atoms with Crippen LogP contribution < -0.4 is 5.32 Å². The minimum Gasteiger partial charge on any atom is -0.478 e. The second-order valence-electron chi connectivity index (χ2n) is 4.98. The van der Waals surface area contributed by atoms with E-state index in [1.54, 1.807) is 12.1 Å². The van der Waals surface area contributed by atoms with Crippen LogP contribution in [0.15, 0.2) is 24.3 Å². The first kappa shape index (κ1) is 16.9. The number of carbonyl (C=O) groups excluding carboxylic acids is 1. The van der Waals surface area contributed by atoms with Crippen molar-refractivity contribution in [2.75, 3.05) is 13.2 Å². The zero-order valence-electron chi connectivity index (χ0n) is 12.6. The molecule has 1 rings (SSSR count). The maximum atomic E-state index is 12.0. The molecule has 0 aromatic heterocycles. The number of nitrogens with one attached hydrogen (secondary N) is 1. The van der Waals surface area contributed by atoms with Gasteiger partial charge in [0, 0.05) is 18.2 Å². The summed E-state index contributed by atoms with van der Waals surface area (Å²) in [7, 11) is 0. The van der Waals surface area contributed by atoms with Gasteiger partial charge in [-0.1, -0.05) is 6.07 Å². The second kappa shape index (κ2) is 8.21. The Morgan fingerprint density at radius 2 is 2.05 bits per heavy atom. The molecule has 0 heterocycles. The first-order valence-corrected chi connectivity index (χ1v) is 6.81. The Hall–Kier alpha value is -2.14. The molecule has 1 aromatic rings. The quantitative estimate of drug-likeness (QED) is 0.597. The van der Waals surface area contributed by atoms with Crippen molar-refractivity contribution >= 4 is 18.0 Å². The van der Waals surface area contributed by atoms with Crippen LogP contribution in [-0.4, -0.2) is 36.2 Å². The van der Waals surface area contributed by atoms with E-state index in [9.17, 15) is 9.59 Å². The normalized spacial score (nSPS) is 11.0. The van der Waals surface area contributed by atoms with Gasteiger partial charge in [-0.2, -0.15) is 0 Å². The van der Waals surface area contributed by atoms with Crippen LogP contribution in [-0.2, 0) is 9.53 Å². The highest BCUT2D eigenvalue weighted by atomic mass is 16.5. The van der Waals surface area contributed by atoms with Gasteiger partial charge < -0.3 is 15.2 Å². The first-order valence-electron chi connectivity index (χ1n) is 6.81. The molecule has 5 heteroatoms. The molecule has 1 aromatic carbocycles. The standard InChI is InChI=1S/C16H21NO4/c1-11(2)21-7-6-17-16(20)14-9-12(3)8-13(10-14)4-5-15(18)19/h4-5,8-11H,6-7H2,1-3H3,(H,17,20)(H,18,19)/b5-4+. The largest absolute Gasteiger partial charge is 0.478 e. The van der Waals surface area contributed by atoms with Gasteiger partial charge in [0.25, 0.3) is 5.91 Å². The molecule has 0 spiro atoms. The zero-order valence-corrected chi connectivity index (χ0v) is 12.6. The molecule has 0 bridgehead atoms. The van der Waals surface area contributed by atoms with E-state index in [1.165, 1.54) is 6.08 Å². The lowest BCUT2D eigenvalue weighted by Gasteiger charge is -2.09. The third-order valence-electron chi connectivity index (χ3n) is 2.62. The third kappa shape index (κ3) is 6.72. The van der Waals surface area contributed by atoms with Gasteiger partial charge in [-0.15, -0.1) is 0 Å². The molecule has 21 heavy (non-hydrogen) atoms. The number of carbonyl (C=O) groups is 2. The molecule has 0 aliphatic heterocycles.